The maximum absolute atomic E-state index is 9.50. The van der Waals surface area contributed by atoms with Crippen LogP contribution in [0.25, 0.3) is 10.5 Å². The van der Waals surface area contributed by atoms with Gasteiger partial charge in [-0.25, -0.2) is 14.3 Å². The number of nitrogens with one attached hydrogen (secondary N) is 1. The summed E-state index contributed by atoms with van der Waals surface area (Å²) in [6, 6.07) is 1.94. The lowest BCUT2D eigenvalue weighted by Gasteiger charge is -2.12. The van der Waals surface area contributed by atoms with Crippen molar-refractivity contribution in [3.8, 4) is 0 Å². The van der Waals surface area contributed by atoms with Gasteiger partial charge in [-0.05, 0) is 25.8 Å². The number of nitrogens with zero attached hydrogens (tertiary/aromatic N) is 6. The molecule has 0 saturated heterocycles. The van der Waals surface area contributed by atoms with E-state index in [0.717, 1.165) is 18.5 Å². The number of nitrogens with two attached hydrogens (primary N) is 1. The van der Waals surface area contributed by atoms with Crippen LogP contribution in [0, 0.1) is 13.5 Å². The molecule has 9 nitrogen and oxygen atoms in total. The van der Waals surface area contributed by atoms with Gasteiger partial charge < -0.3 is 16.2 Å². The first-order valence-electron chi connectivity index (χ1n) is 8.60. The van der Waals surface area contributed by atoms with Crippen molar-refractivity contribution < 1.29 is 5.11 Å². The van der Waals surface area contributed by atoms with Crippen LogP contribution >= 0.6 is 11.6 Å². The summed E-state index contributed by atoms with van der Waals surface area (Å²) in [7, 11) is 0. The number of hydrogen-bond acceptors (Lipinski definition) is 6. The van der Waals surface area contributed by atoms with Crippen molar-refractivity contribution in [2.45, 2.75) is 31.7 Å². The SMILES string of the molecule is [C-]#[N+]c1c(NCCc2ccn(C3(CO)CC3)n2)nc2c(Cl)c(C)nn2c1N. The molecule has 0 bridgehead atoms. The summed E-state index contributed by atoms with van der Waals surface area (Å²) < 4.78 is 3.24. The fourth-order valence-corrected chi connectivity index (χ4v) is 3.21. The molecule has 1 fully saturated rings. The van der Waals surface area contributed by atoms with Crippen molar-refractivity contribution in [2.24, 2.45) is 0 Å². The third kappa shape index (κ3) is 2.87. The van der Waals surface area contributed by atoms with Crippen LogP contribution in [0.3, 0.4) is 0 Å². The van der Waals surface area contributed by atoms with E-state index in [1.165, 1.54) is 4.52 Å². The molecule has 3 aromatic heterocycles. The molecule has 4 rings (SSSR count). The summed E-state index contributed by atoms with van der Waals surface area (Å²) >= 11 is 6.24. The fourth-order valence-electron chi connectivity index (χ4n) is 3.05. The van der Waals surface area contributed by atoms with E-state index in [-0.39, 0.29) is 23.7 Å². The molecule has 1 aliphatic rings. The quantitative estimate of drug-likeness (QED) is 0.560. The third-order valence-electron chi connectivity index (χ3n) is 4.91. The first-order chi connectivity index (χ1) is 13.0. The van der Waals surface area contributed by atoms with Crippen molar-refractivity contribution in [3.63, 3.8) is 0 Å². The predicted molar refractivity (Wildman–Crippen MR) is 102 cm³/mol. The van der Waals surface area contributed by atoms with E-state index in [1.807, 2.05) is 16.9 Å². The first-order valence-corrected chi connectivity index (χ1v) is 8.98. The number of aliphatic hydroxyl groups excluding tert-OH is 1. The van der Waals surface area contributed by atoms with E-state index in [9.17, 15) is 5.11 Å². The topological polar surface area (TPSA) is 111 Å². The van der Waals surface area contributed by atoms with Gasteiger partial charge in [0.2, 0.25) is 0 Å². The molecule has 3 heterocycles. The van der Waals surface area contributed by atoms with E-state index in [4.69, 9.17) is 23.9 Å². The van der Waals surface area contributed by atoms with Gasteiger partial charge in [0.25, 0.3) is 5.69 Å². The molecule has 0 aromatic carbocycles. The Labute approximate surface area is 160 Å². The summed E-state index contributed by atoms with van der Waals surface area (Å²) in [5, 5.41) is 21.8. The fraction of sp³-hybridized carbons (Fsp3) is 0.412. The van der Waals surface area contributed by atoms with Gasteiger partial charge in [0.15, 0.2) is 5.65 Å². The van der Waals surface area contributed by atoms with Crippen molar-refractivity contribution >= 4 is 34.6 Å². The first kappa shape index (κ1) is 17.6. The molecular weight excluding hydrogens is 368 g/mol. The third-order valence-corrected chi connectivity index (χ3v) is 5.36. The number of anilines is 2. The average Bonchev–Trinajstić information content (AvgIpc) is 3.23. The molecule has 1 aliphatic carbocycles. The highest BCUT2D eigenvalue weighted by Gasteiger charge is 2.44. The van der Waals surface area contributed by atoms with Gasteiger partial charge in [0.05, 0.1) is 30.1 Å². The smallest absolute Gasteiger partial charge is 0.268 e. The predicted octanol–water partition coefficient (Wildman–Crippen LogP) is 2.16. The summed E-state index contributed by atoms with van der Waals surface area (Å²) in [6.07, 6.45) is 4.45. The Hall–Kier alpha value is -2.83. The average molecular weight is 387 g/mol. The Kier molecular flexibility index (Phi) is 4.17. The van der Waals surface area contributed by atoms with E-state index in [0.29, 0.717) is 35.1 Å². The zero-order valence-corrected chi connectivity index (χ0v) is 15.5. The van der Waals surface area contributed by atoms with E-state index >= 15 is 0 Å². The highest BCUT2D eigenvalue weighted by atomic mass is 35.5. The molecule has 0 unspecified atom stereocenters. The summed E-state index contributed by atoms with van der Waals surface area (Å²) in [5.74, 6) is 0.584. The van der Waals surface area contributed by atoms with Crippen LogP contribution in [0.5, 0.6) is 0 Å². The minimum atomic E-state index is -0.208. The molecule has 0 atom stereocenters. The molecule has 140 valence electrons. The van der Waals surface area contributed by atoms with Crippen LogP contribution in [0.1, 0.15) is 24.2 Å². The largest absolute Gasteiger partial charge is 0.394 e. The van der Waals surface area contributed by atoms with Crippen LogP contribution in [0.2, 0.25) is 5.02 Å². The molecule has 0 radical (unpaired) electrons. The Morgan fingerprint density at radius 1 is 1.44 bits per heavy atom. The standard InChI is InChI=1S/C17H19ClN8O/c1-10-12(18)16-22-15(13(20-2)14(19)26(16)23-10)21-7-3-11-4-8-25(24-11)17(9-27)5-6-17/h4,8,27H,3,5-7,9,19H2,1H3,(H,21,22). The Balaban J connectivity index is 1.52. The number of aliphatic hydroxyl groups is 1. The summed E-state index contributed by atoms with van der Waals surface area (Å²) in [6.45, 7) is 9.81. The number of aryl methyl sites for hydroxylation is 1. The van der Waals surface area contributed by atoms with Crippen LogP contribution in [0.15, 0.2) is 12.3 Å². The molecule has 3 aromatic rings. The van der Waals surface area contributed by atoms with Gasteiger partial charge in [0.1, 0.15) is 16.7 Å². The monoisotopic (exact) mass is 386 g/mol. The summed E-state index contributed by atoms with van der Waals surface area (Å²) in [4.78, 5) is 7.92. The Bertz CT molecular complexity index is 1060. The van der Waals surface area contributed by atoms with Gasteiger partial charge >= 0.3 is 0 Å². The molecule has 0 spiro atoms. The number of nitrogen functional groups attached to an aromatic ring is 1. The molecule has 10 heteroatoms. The number of hydrogen-bond donors (Lipinski definition) is 3. The second-order valence-corrected chi connectivity index (χ2v) is 7.13. The van der Waals surface area contributed by atoms with Gasteiger partial charge in [0, 0.05) is 19.2 Å². The van der Waals surface area contributed by atoms with Crippen LogP contribution in [-0.4, -0.2) is 42.6 Å². The number of aromatic nitrogens is 5. The van der Waals surface area contributed by atoms with E-state index in [1.54, 1.807) is 6.92 Å². The molecule has 1 saturated carbocycles. The number of halogens is 1. The molecule has 27 heavy (non-hydrogen) atoms. The molecule has 0 amide bonds. The highest BCUT2D eigenvalue weighted by Crippen LogP contribution is 2.42. The second kappa shape index (κ2) is 6.40. The maximum atomic E-state index is 9.50. The zero-order valence-electron chi connectivity index (χ0n) is 14.8. The van der Waals surface area contributed by atoms with Crippen molar-refractivity contribution in [3.05, 3.63) is 40.1 Å². The van der Waals surface area contributed by atoms with Crippen molar-refractivity contribution in [1.82, 2.24) is 24.4 Å². The van der Waals surface area contributed by atoms with Crippen LogP contribution < -0.4 is 11.1 Å². The normalized spacial score (nSPS) is 15.0. The lowest BCUT2D eigenvalue weighted by atomic mass is 10.3. The Morgan fingerprint density at radius 3 is 2.89 bits per heavy atom. The lowest BCUT2D eigenvalue weighted by Crippen LogP contribution is -2.22. The van der Waals surface area contributed by atoms with Crippen LogP contribution in [0.4, 0.5) is 17.3 Å². The molecular formula is C17H19ClN8O. The highest BCUT2D eigenvalue weighted by molar-refractivity contribution is 6.34. The number of rotatable bonds is 6. The van der Waals surface area contributed by atoms with Crippen LogP contribution in [-0.2, 0) is 12.0 Å². The maximum Gasteiger partial charge on any atom is 0.268 e. The number of fused-ring (bicyclic) bond motifs is 1. The Morgan fingerprint density at radius 2 is 2.22 bits per heavy atom. The minimum absolute atomic E-state index is 0.107. The summed E-state index contributed by atoms with van der Waals surface area (Å²) in [5.41, 5.74) is 8.01. The lowest BCUT2D eigenvalue weighted by molar-refractivity contribution is 0.202. The van der Waals surface area contributed by atoms with Gasteiger partial charge in [-0.2, -0.15) is 10.2 Å². The van der Waals surface area contributed by atoms with Gasteiger partial charge in [-0.15, -0.1) is 0 Å². The molecule has 0 aliphatic heterocycles. The van der Waals surface area contributed by atoms with Crippen molar-refractivity contribution in [2.75, 3.05) is 24.2 Å². The van der Waals surface area contributed by atoms with Gasteiger partial charge in [-0.3, -0.25) is 4.68 Å². The minimum Gasteiger partial charge on any atom is -0.394 e. The molecule has 4 N–H and O–H groups in total. The van der Waals surface area contributed by atoms with Crippen molar-refractivity contribution in [1.29, 1.82) is 0 Å². The van der Waals surface area contributed by atoms with Gasteiger partial charge in [-0.1, -0.05) is 11.6 Å². The second-order valence-electron chi connectivity index (χ2n) is 6.75. The zero-order chi connectivity index (χ0) is 19.2. The van der Waals surface area contributed by atoms with E-state index < -0.39 is 0 Å². The van der Waals surface area contributed by atoms with E-state index in [2.05, 4.69) is 25.3 Å².